The third-order valence-corrected chi connectivity index (χ3v) is 5.47. The van der Waals surface area contributed by atoms with Crippen molar-refractivity contribution in [3.63, 3.8) is 0 Å². The van der Waals surface area contributed by atoms with Gasteiger partial charge >= 0.3 is 0 Å². The van der Waals surface area contributed by atoms with Gasteiger partial charge in [0, 0.05) is 6.54 Å². The molecule has 4 rings (SSSR count). The van der Waals surface area contributed by atoms with Crippen LogP contribution < -0.4 is 10.1 Å². The molecule has 3 aromatic rings. The highest BCUT2D eigenvalue weighted by Gasteiger charge is 2.17. The van der Waals surface area contributed by atoms with Gasteiger partial charge in [0.05, 0.1) is 0 Å². The van der Waals surface area contributed by atoms with Crippen molar-refractivity contribution in [1.82, 2.24) is 5.32 Å². The lowest BCUT2D eigenvalue weighted by Gasteiger charge is -2.25. The standard InChI is InChI=1S/C25H27NO/c1-19-16-20(13-14-24(19)21-9-7-15-26-17-21)25-12-6-5-8-22(25)18-27-23-10-3-2-4-11-23/h2-6,8,10-14,16,21,26H,7,9,15,17-18H2,1H3/t21-/m1/s1. The quantitative estimate of drug-likeness (QED) is 0.632. The zero-order valence-electron chi connectivity index (χ0n) is 15.9. The van der Waals surface area contributed by atoms with E-state index >= 15 is 0 Å². The first kappa shape index (κ1) is 17.8. The summed E-state index contributed by atoms with van der Waals surface area (Å²) in [6.07, 6.45) is 2.56. The summed E-state index contributed by atoms with van der Waals surface area (Å²) in [7, 11) is 0. The molecule has 1 aliphatic heterocycles. The van der Waals surface area contributed by atoms with Gasteiger partial charge in [0.25, 0.3) is 0 Å². The van der Waals surface area contributed by atoms with E-state index in [4.69, 9.17) is 4.74 Å². The van der Waals surface area contributed by atoms with Crippen LogP contribution in [-0.4, -0.2) is 13.1 Å². The zero-order chi connectivity index (χ0) is 18.5. The normalized spacial score (nSPS) is 16.9. The molecule has 1 atom stereocenters. The molecule has 0 bridgehead atoms. The van der Waals surface area contributed by atoms with Crippen LogP contribution in [0.15, 0.2) is 72.8 Å². The first-order valence-electron chi connectivity index (χ1n) is 9.88. The minimum absolute atomic E-state index is 0.577. The first-order chi connectivity index (χ1) is 13.3. The average molecular weight is 357 g/mol. The molecule has 27 heavy (non-hydrogen) atoms. The molecule has 3 aromatic carbocycles. The van der Waals surface area contributed by atoms with Crippen LogP contribution in [0.25, 0.3) is 11.1 Å². The fourth-order valence-electron chi connectivity index (χ4n) is 4.02. The van der Waals surface area contributed by atoms with Crippen LogP contribution in [0.1, 0.15) is 35.4 Å². The van der Waals surface area contributed by atoms with Gasteiger partial charge in [0.1, 0.15) is 12.4 Å². The molecule has 1 fully saturated rings. The molecule has 1 saturated heterocycles. The molecule has 2 nitrogen and oxygen atoms in total. The summed E-state index contributed by atoms with van der Waals surface area (Å²) >= 11 is 0. The predicted molar refractivity (Wildman–Crippen MR) is 112 cm³/mol. The molecule has 2 heteroatoms. The van der Waals surface area contributed by atoms with Gasteiger partial charge in [-0.05, 0) is 72.2 Å². The fourth-order valence-corrected chi connectivity index (χ4v) is 4.02. The van der Waals surface area contributed by atoms with Crippen molar-refractivity contribution in [1.29, 1.82) is 0 Å². The Balaban J connectivity index is 1.57. The Hall–Kier alpha value is -2.58. The van der Waals surface area contributed by atoms with E-state index in [-0.39, 0.29) is 0 Å². The molecule has 0 spiro atoms. The summed E-state index contributed by atoms with van der Waals surface area (Å²) in [5.41, 5.74) is 6.62. The van der Waals surface area contributed by atoms with Gasteiger partial charge in [-0.25, -0.2) is 0 Å². The summed E-state index contributed by atoms with van der Waals surface area (Å²) in [6.45, 7) is 5.08. The third-order valence-electron chi connectivity index (χ3n) is 5.47. The Morgan fingerprint density at radius 3 is 2.56 bits per heavy atom. The number of para-hydroxylation sites is 1. The van der Waals surface area contributed by atoms with Gasteiger partial charge in [0.15, 0.2) is 0 Å². The van der Waals surface area contributed by atoms with E-state index < -0.39 is 0 Å². The lowest BCUT2D eigenvalue weighted by Crippen LogP contribution is -2.28. The topological polar surface area (TPSA) is 21.3 Å². The van der Waals surface area contributed by atoms with Crippen LogP contribution in [0.4, 0.5) is 0 Å². The maximum Gasteiger partial charge on any atom is 0.119 e. The van der Waals surface area contributed by atoms with Crippen LogP contribution in [0.3, 0.4) is 0 Å². The second-order valence-corrected chi connectivity index (χ2v) is 7.37. The monoisotopic (exact) mass is 357 g/mol. The van der Waals surface area contributed by atoms with E-state index in [9.17, 15) is 0 Å². The lowest BCUT2D eigenvalue weighted by molar-refractivity contribution is 0.307. The van der Waals surface area contributed by atoms with Crippen LogP contribution in [0, 0.1) is 6.92 Å². The molecule has 1 heterocycles. The number of benzene rings is 3. The minimum Gasteiger partial charge on any atom is -0.489 e. The highest BCUT2D eigenvalue weighted by molar-refractivity contribution is 5.68. The molecule has 1 N–H and O–H groups in total. The second-order valence-electron chi connectivity index (χ2n) is 7.37. The van der Waals surface area contributed by atoms with Gasteiger partial charge in [0.2, 0.25) is 0 Å². The highest BCUT2D eigenvalue weighted by atomic mass is 16.5. The molecule has 0 unspecified atom stereocenters. The van der Waals surface area contributed by atoms with E-state index in [1.165, 1.54) is 40.7 Å². The number of nitrogens with one attached hydrogen (secondary N) is 1. The molecule has 138 valence electrons. The Kier molecular flexibility index (Phi) is 5.55. The number of piperidine rings is 1. The van der Waals surface area contributed by atoms with Crippen molar-refractivity contribution in [3.05, 3.63) is 89.5 Å². The van der Waals surface area contributed by atoms with Crippen molar-refractivity contribution in [3.8, 4) is 16.9 Å². The van der Waals surface area contributed by atoms with Crippen LogP contribution in [-0.2, 0) is 6.61 Å². The Morgan fingerprint density at radius 2 is 1.78 bits per heavy atom. The molecule has 1 aliphatic rings. The highest BCUT2D eigenvalue weighted by Crippen LogP contribution is 2.31. The number of hydrogen-bond acceptors (Lipinski definition) is 2. The van der Waals surface area contributed by atoms with Crippen molar-refractivity contribution in [2.75, 3.05) is 13.1 Å². The smallest absolute Gasteiger partial charge is 0.119 e. The molecule has 0 radical (unpaired) electrons. The van der Waals surface area contributed by atoms with E-state index in [1.807, 2.05) is 30.3 Å². The number of hydrogen-bond donors (Lipinski definition) is 1. The van der Waals surface area contributed by atoms with Crippen molar-refractivity contribution in [2.45, 2.75) is 32.3 Å². The van der Waals surface area contributed by atoms with Crippen LogP contribution in [0.2, 0.25) is 0 Å². The number of rotatable bonds is 5. The summed E-state index contributed by atoms with van der Waals surface area (Å²) in [5, 5.41) is 3.53. The van der Waals surface area contributed by atoms with Crippen molar-refractivity contribution >= 4 is 0 Å². The van der Waals surface area contributed by atoms with E-state index in [0.29, 0.717) is 12.5 Å². The van der Waals surface area contributed by atoms with E-state index in [2.05, 4.69) is 54.7 Å². The largest absolute Gasteiger partial charge is 0.489 e. The Labute approximate surface area is 162 Å². The summed E-state index contributed by atoms with van der Waals surface area (Å²) in [5.74, 6) is 1.55. The van der Waals surface area contributed by atoms with Gasteiger partial charge < -0.3 is 10.1 Å². The second kappa shape index (κ2) is 8.41. The van der Waals surface area contributed by atoms with Gasteiger partial charge in [-0.15, -0.1) is 0 Å². The fraction of sp³-hybridized carbons (Fsp3) is 0.280. The van der Waals surface area contributed by atoms with Crippen LogP contribution in [0.5, 0.6) is 5.75 Å². The lowest BCUT2D eigenvalue weighted by atomic mass is 9.87. The van der Waals surface area contributed by atoms with Crippen molar-refractivity contribution in [2.24, 2.45) is 0 Å². The summed E-state index contributed by atoms with van der Waals surface area (Å²) < 4.78 is 6.00. The van der Waals surface area contributed by atoms with Gasteiger partial charge in [-0.1, -0.05) is 60.7 Å². The molecule has 0 aromatic heterocycles. The maximum atomic E-state index is 6.00. The third kappa shape index (κ3) is 4.23. The average Bonchev–Trinajstić information content (AvgIpc) is 2.74. The number of aryl methyl sites for hydroxylation is 1. The van der Waals surface area contributed by atoms with Gasteiger partial charge in [-0.2, -0.15) is 0 Å². The predicted octanol–water partition coefficient (Wildman–Crippen LogP) is 5.71. The summed E-state index contributed by atoms with van der Waals surface area (Å²) in [6, 6.07) is 25.5. The molecule has 0 aliphatic carbocycles. The molecule has 0 saturated carbocycles. The van der Waals surface area contributed by atoms with E-state index in [1.54, 1.807) is 0 Å². The minimum atomic E-state index is 0.577. The summed E-state index contributed by atoms with van der Waals surface area (Å²) in [4.78, 5) is 0. The molecular weight excluding hydrogens is 330 g/mol. The van der Waals surface area contributed by atoms with Gasteiger partial charge in [-0.3, -0.25) is 0 Å². The van der Waals surface area contributed by atoms with Crippen molar-refractivity contribution < 1.29 is 4.74 Å². The maximum absolute atomic E-state index is 6.00. The SMILES string of the molecule is Cc1cc(-c2ccccc2COc2ccccc2)ccc1[C@@H]1CCCNC1. The number of ether oxygens (including phenoxy) is 1. The Bertz CT molecular complexity index is 882. The Morgan fingerprint density at radius 1 is 0.963 bits per heavy atom. The zero-order valence-corrected chi connectivity index (χ0v) is 15.9. The first-order valence-corrected chi connectivity index (χ1v) is 9.88. The molecule has 0 amide bonds. The van der Waals surface area contributed by atoms with E-state index in [0.717, 1.165) is 18.8 Å². The molecular formula is C25H27NO. The van der Waals surface area contributed by atoms with Crippen LogP contribution >= 0.6 is 0 Å².